The molecule has 0 saturated heterocycles. The van der Waals surface area contributed by atoms with E-state index in [0.717, 1.165) is 5.92 Å². The Morgan fingerprint density at radius 2 is 1.22 bits per heavy atom. The Labute approximate surface area is 113 Å². The Morgan fingerprint density at radius 3 is 1.67 bits per heavy atom. The number of rotatable bonds is 4. The van der Waals surface area contributed by atoms with Crippen molar-refractivity contribution >= 4 is 0 Å². The molecule has 0 heterocycles. The largest absolute Gasteiger partial charge is 0.391 e. The van der Waals surface area contributed by atoms with Gasteiger partial charge in [-0.2, -0.15) is 0 Å². The molecule has 2 aliphatic rings. The quantitative estimate of drug-likeness (QED) is 0.829. The first kappa shape index (κ1) is 14.3. The van der Waals surface area contributed by atoms with Crippen LogP contribution in [0, 0.1) is 11.8 Å². The molecule has 2 saturated carbocycles. The van der Waals surface area contributed by atoms with Gasteiger partial charge in [-0.1, -0.05) is 38.5 Å². The highest BCUT2D eigenvalue weighted by molar-refractivity contribution is 4.89. The molecule has 1 N–H and O–H groups in total. The summed E-state index contributed by atoms with van der Waals surface area (Å²) in [4.78, 5) is 2.30. The average Bonchev–Trinajstić information content (AvgIpc) is 2.40. The van der Waals surface area contributed by atoms with Crippen molar-refractivity contribution in [1.82, 2.24) is 4.90 Å². The molecule has 0 aromatic carbocycles. The zero-order valence-corrected chi connectivity index (χ0v) is 12.3. The fourth-order valence-electron chi connectivity index (χ4n) is 4.24. The van der Waals surface area contributed by atoms with Gasteiger partial charge in [0, 0.05) is 6.04 Å². The van der Waals surface area contributed by atoms with Gasteiger partial charge in [0.05, 0.1) is 6.10 Å². The first-order valence-corrected chi connectivity index (χ1v) is 8.04. The maximum absolute atomic E-state index is 10.8. The van der Waals surface area contributed by atoms with E-state index in [0.29, 0.717) is 12.0 Å². The van der Waals surface area contributed by atoms with Gasteiger partial charge in [-0.15, -0.1) is 0 Å². The summed E-state index contributed by atoms with van der Waals surface area (Å²) in [6.45, 7) is 0. The number of aliphatic hydroxyl groups is 1. The molecule has 106 valence electrons. The molecule has 0 radical (unpaired) electrons. The monoisotopic (exact) mass is 253 g/mol. The van der Waals surface area contributed by atoms with E-state index >= 15 is 0 Å². The second kappa shape index (κ2) is 6.91. The van der Waals surface area contributed by atoms with E-state index in [2.05, 4.69) is 19.0 Å². The van der Waals surface area contributed by atoms with E-state index in [4.69, 9.17) is 0 Å². The summed E-state index contributed by atoms with van der Waals surface area (Å²) in [6.07, 6.45) is 13.2. The van der Waals surface area contributed by atoms with Crippen LogP contribution in [0.1, 0.15) is 64.2 Å². The number of hydrogen-bond acceptors (Lipinski definition) is 2. The number of nitrogens with zero attached hydrogens (tertiary/aromatic N) is 1. The zero-order valence-electron chi connectivity index (χ0n) is 12.3. The second-order valence-electron chi connectivity index (χ2n) is 6.74. The van der Waals surface area contributed by atoms with Crippen LogP contribution in [0.15, 0.2) is 0 Å². The standard InChI is InChI=1S/C16H31NO/c1-17(2)15(13-9-5-3-6-10-13)16(18)14-11-7-4-8-12-14/h13-16,18H,3-12H2,1-2H3/t15-,16+/m0/s1. The number of aliphatic hydroxyl groups excluding tert-OH is 1. The van der Waals surface area contributed by atoms with Crippen LogP contribution in [0.5, 0.6) is 0 Å². The van der Waals surface area contributed by atoms with Crippen LogP contribution < -0.4 is 0 Å². The molecule has 2 aliphatic carbocycles. The summed E-state index contributed by atoms with van der Waals surface area (Å²) < 4.78 is 0. The summed E-state index contributed by atoms with van der Waals surface area (Å²) in [5.41, 5.74) is 0. The Kier molecular flexibility index (Phi) is 5.50. The molecule has 2 fully saturated rings. The lowest BCUT2D eigenvalue weighted by molar-refractivity contribution is -0.0170. The molecule has 0 aromatic heterocycles. The molecule has 0 aliphatic heterocycles. The van der Waals surface area contributed by atoms with Crippen LogP contribution in [0.4, 0.5) is 0 Å². The summed E-state index contributed by atoms with van der Waals surface area (Å²) in [7, 11) is 4.32. The highest BCUT2D eigenvalue weighted by Crippen LogP contribution is 2.35. The van der Waals surface area contributed by atoms with Gasteiger partial charge in [0.2, 0.25) is 0 Å². The van der Waals surface area contributed by atoms with E-state index in [1.807, 2.05) is 0 Å². The van der Waals surface area contributed by atoms with E-state index in [1.165, 1.54) is 64.2 Å². The molecule has 0 aromatic rings. The molecule has 2 heteroatoms. The third kappa shape index (κ3) is 3.48. The predicted molar refractivity (Wildman–Crippen MR) is 76.6 cm³/mol. The maximum Gasteiger partial charge on any atom is 0.0725 e. The van der Waals surface area contributed by atoms with Gasteiger partial charge in [0.15, 0.2) is 0 Å². The van der Waals surface area contributed by atoms with Gasteiger partial charge in [-0.3, -0.25) is 0 Å². The normalized spacial score (nSPS) is 27.3. The van der Waals surface area contributed by atoms with Crippen molar-refractivity contribution in [2.24, 2.45) is 11.8 Å². The topological polar surface area (TPSA) is 23.5 Å². The zero-order chi connectivity index (χ0) is 13.0. The summed E-state index contributed by atoms with van der Waals surface area (Å²) >= 11 is 0. The minimum absolute atomic E-state index is 0.0941. The lowest BCUT2D eigenvalue weighted by Gasteiger charge is -2.41. The summed E-state index contributed by atoms with van der Waals surface area (Å²) in [6, 6.07) is 0.397. The Hall–Kier alpha value is -0.0800. The fourth-order valence-corrected chi connectivity index (χ4v) is 4.24. The van der Waals surface area contributed by atoms with Crippen LogP contribution in [-0.4, -0.2) is 36.2 Å². The molecule has 0 bridgehead atoms. The molecule has 0 unspecified atom stereocenters. The highest BCUT2D eigenvalue weighted by Gasteiger charge is 2.35. The van der Waals surface area contributed by atoms with Crippen LogP contribution in [0.2, 0.25) is 0 Å². The van der Waals surface area contributed by atoms with E-state index < -0.39 is 0 Å². The van der Waals surface area contributed by atoms with Crippen molar-refractivity contribution < 1.29 is 5.11 Å². The van der Waals surface area contributed by atoms with Gasteiger partial charge >= 0.3 is 0 Å². The average molecular weight is 253 g/mol. The van der Waals surface area contributed by atoms with Crippen molar-refractivity contribution in [3.05, 3.63) is 0 Å². The summed E-state index contributed by atoms with van der Waals surface area (Å²) in [5, 5.41) is 10.8. The molecule has 2 nitrogen and oxygen atoms in total. The molecule has 2 rings (SSSR count). The van der Waals surface area contributed by atoms with Crippen LogP contribution in [0.25, 0.3) is 0 Å². The Bertz CT molecular complexity index is 229. The van der Waals surface area contributed by atoms with Gasteiger partial charge < -0.3 is 10.0 Å². The van der Waals surface area contributed by atoms with Gasteiger partial charge in [0.1, 0.15) is 0 Å². The minimum Gasteiger partial charge on any atom is -0.391 e. The molecular weight excluding hydrogens is 222 g/mol. The Balaban J connectivity index is 1.98. The SMILES string of the molecule is CN(C)[C@@H](C1CCCCC1)[C@H](O)C1CCCCC1. The van der Waals surface area contributed by atoms with Crippen molar-refractivity contribution in [2.45, 2.75) is 76.4 Å². The van der Waals surface area contributed by atoms with Crippen molar-refractivity contribution in [1.29, 1.82) is 0 Å². The summed E-state index contributed by atoms with van der Waals surface area (Å²) in [5.74, 6) is 1.29. The van der Waals surface area contributed by atoms with Crippen molar-refractivity contribution in [3.63, 3.8) is 0 Å². The molecule has 2 atom stereocenters. The van der Waals surface area contributed by atoms with Crippen LogP contribution in [-0.2, 0) is 0 Å². The first-order valence-electron chi connectivity index (χ1n) is 8.04. The molecule has 18 heavy (non-hydrogen) atoms. The molecule has 0 spiro atoms. The van der Waals surface area contributed by atoms with Gasteiger partial charge in [0.25, 0.3) is 0 Å². The maximum atomic E-state index is 10.8. The Morgan fingerprint density at radius 1 is 0.778 bits per heavy atom. The van der Waals surface area contributed by atoms with Crippen LogP contribution in [0.3, 0.4) is 0 Å². The van der Waals surface area contributed by atoms with Crippen LogP contribution >= 0.6 is 0 Å². The van der Waals surface area contributed by atoms with E-state index in [9.17, 15) is 5.11 Å². The third-order valence-corrected chi connectivity index (χ3v) is 5.21. The van der Waals surface area contributed by atoms with Crippen molar-refractivity contribution in [2.75, 3.05) is 14.1 Å². The predicted octanol–water partition coefficient (Wildman–Crippen LogP) is 3.44. The first-order chi connectivity index (χ1) is 8.70. The van der Waals surface area contributed by atoms with E-state index in [-0.39, 0.29) is 6.10 Å². The lowest BCUT2D eigenvalue weighted by atomic mass is 9.75. The number of likely N-dealkylation sites (N-methyl/N-ethyl adjacent to an activating group) is 1. The van der Waals surface area contributed by atoms with E-state index in [1.54, 1.807) is 0 Å². The molecular formula is C16H31NO. The molecule has 0 amide bonds. The fraction of sp³-hybridized carbons (Fsp3) is 1.00. The van der Waals surface area contributed by atoms with Crippen molar-refractivity contribution in [3.8, 4) is 0 Å². The third-order valence-electron chi connectivity index (χ3n) is 5.21. The smallest absolute Gasteiger partial charge is 0.0725 e. The van der Waals surface area contributed by atoms with Gasteiger partial charge in [-0.05, 0) is 51.6 Å². The van der Waals surface area contributed by atoms with Gasteiger partial charge in [-0.25, -0.2) is 0 Å². The lowest BCUT2D eigenvalue weighted by Crippen LogP contribution is -2.48. The number of hydrogen-bond donors (Lipinski definition) is 1. The second-order valence-corrected chi connectivity index (χ2v) is 6.74. The minimum atomic E-state index is -0.0941. The highest BCUT2D eigenvalue weighted by atomic mass is 16.3.